The van der Waals surface area contributed by atoms with E-state index in [1.165, 1.54) is 0 Å². The summed E-state index contributed by atoms with van der Waals surface area (Å²) in [6.07, 6.45) is -0.634. The number of esters is 1. The van der Waals surface area contributed by atoms with Crippen LogP contribution in [-0.4, -0.2) is 33.3 Å². The molecule has 0 fully saturated rings. The van der Waals surface area contributed by atoms with Crippen molar-refractivity contribution in [3.63, 3.8) is 0 Å². The van der Waals surface area contributed by atoms with Crippen LogP contribution in [0, 0.1) is 0 Å². The lowest BCUT2D eigenvalue weighted by molar-refractivity contribution is -0.136. The van der Waals surface area contributed by atoms with Crippen LogP contribution in [0.2, 0.25) is 0 Å². The third-order valence-electron chi connectivity index (χ3n) is 4.03. The molecule has 1 heterocycles. The highest BCUT2D eigenvalue weighted by Gasteiger charge is 2.25. The van der Waals surface area contributed by atoms with Crippen molar-refractivity contribution in [1.29, 1.82) is 0 Å². The van der Waals surface area contributed by atoms with E-state index in [0.717, 1.165) is 17.2 Å². The van der Waals surface area contributed by atoms with Crippen LogP contribution in [-0.2, 0) is 22.6 Å². The number of carbonyl (C=O) groups excluding carboxylic acids is 2. The summed E-state index contributed by atoms with van der Waals surface area (Å²) >= 11 is 0. The first-order valence-corrected chi connectivity index (χ1v) is 8.85. The third kappa shape index (κ3) is 5.77. The Morgan fingerprint density at radius 2 is 1.59 bits per heavy atom. The van der Waals surface area contributed by atoms with Crippen LogP contribution >= 0.6 is 0 Å². The number of benzene rings is 2. The summed E-state index contributed by atoms with van der Waals surface area (Å²) in [5.74, 6) is -1.93. The number of nitrogens with one attached hydrogen (secondary N) is 2. The second kappa shape index (κ2) is 9.32. The van der Waals surface area contributed by atoms with Crippen LogP contribution in [0.3, 0.4) is 0 Å². The highest BCUT2D eigenvalue weighted by molar-refractivity contribution is 5.83. The monoisotopic (exact) mass is 396 g/mol. The Kier molecular flexibility index (Phi) is 6.36. The number of hydrogen-bond donors (Lipinski definition) is 4. The van der Waals surface area contributed by atoms with Gasteiger partial charge in [0.15, 0.2) is 11.6 Å². The van der Waals surface area contributed by atoms with Crippen LogP contribution in [0.4, 0.5) is 4.79 Å². The zero-order valence-electron chi connectivity index (χ0n) is 15.4. The number of alkyl carbamates (subject to hydrolysis) is 1. The van der Waals surface area contributed by atoms with Crippen molar-refractivity contribution in [2.75, 3.05) is 0 Å². The van der Waals surface area contributed by atoms with E-state index in [1.54, 1.807) is 12.1 Å². The third-order valence-corrected chi connectivity index (χ3v) is 4.03. The Labute approximate surface area is 166 Å². The number of carbonyl (C=O) groups is 2. The van der Waals surface area contributed by atoms with Gasteiger partial charge in [-0.2, -0.15) is 0 Å². The summed E-state index contributed by atoms with van der Waals surface area (Å²) in [6, 6.07) is 18.2. The minimum atomic E-state index is -1.07. The minimum absolute atomic E-state index is 0.0479. The molecule has 8 nitrogen and oxygen atoms in total. The highest BCUT2D eigenvalue weighted by Crippen LogP contribution is 2.29. The smallest absolute Gasteiger partial charge is 0.408 e. The summed E-state index contributed by atoms with van der Waals surface area (Å²) in [4.78, 5) is 27.0. The zero-order chi connectivity index (χ0) is 20.6. The van der Waals surface area contributed by atoms with Crippen molar-refractivity contribution < 1.29 is 29.3 Å². The first kappa shape index (κ1) is 19.8. The predicted octanol–water partition coefficient (Wildman–Crippen LogP) is 2.87. The molecule has 29 heavy (non-hydrogen) atoms. The lowest BCUT2D eigenvalue weighted by Gasteiger charge is -2.17. The summed E-state index contributed by atoms with van der Waals surface area (Å²) in [5, 5.41) is 21.5. The van der Waals surface area contributed by atoms with Gasteiger partial charge in [0.25, 0.3) is 0 Å². The summed E-state index contributed by atoms with van der Waals surface area (Å²) in [6.45, 7) is 0.0479. The second-order valence-electron chi connectivity index (χ2n) is 6.24. The predicted molar refractivity (Wildman–Crippen MR) is 103 cm³/mol. The van der Waals surface area contributed by atoms with Crippen molar-refractivity contribution >= 4 is 12.1 Å². The van der Waals surface area contributed by atoms with E-state index in [9.17, 15) is 19.8 Å². The fourth-order valence-corrected chi connectivity index (χ4v) is 2.62. The molecule has 1 atom stereocenters. The molecule has 150 valence electrons. The molecule has 4 N–H and O–H groups in total. The molecule has 0 aliphatic heterocycles. The molecule has 2 aromatic carbocycles. The minimum Gasteiger partial charge on any atom is -0.494 e. The Morgan fingerprint density at radius 1 is 0.966 bits per heavy atom. The second-order valence-corrected chi connectivity index (χ2v) is 6.24. The number of ether oxygens (including phenoxy) is 2. The van der Waals surface area contributed by atoms with Crippen molar-refractivity contribution in [2.24, 2.45) is 0 Å². The van der Waals surface area contributed by atoms with Crippen LogP contribution in [0.5, 0.6) is 17.5 Å². The molecule has 0 saturated heterocycles. The lowest BCUT2D eigenvalue weighted by Crippen LogP contribution is -2.44. The molecule has 3 aromatic rings. The van der Waals surface area contributed by atoms with E-state index >= 15 is 0 Å². The molecule has 0 spiro atoms. The summed E-state index contributed by atoms with van der Waals surface area (Å²) in [5.41, 5.74) is 1.59. The fraction of sp³-hybridized carbons (Fsp3) is 0.143. The molecule has 8 heteroatoms. The van der Waals surface area contributed by atoms with Crippen LogP contribution in [0.1, 0.15) is 11.1 Å². The highest BCUT2D eigenvalue weighted by atomic mass is 16.6. The Hall–Kier alpha value is -3.94. The van der Waals surface area contributed by atoms with Gasteiger partial charge in [0.1, 0.15) is 12.6 Å². The maximum absolute atomic E-state index is 12.6. The zero-order valence-corrected chi connectivity index (χ0v) is 15.4. The summed E-state index contributed by atoms with van der Waals surface area (Å²) in [7, 11) is 0. The molecule has 0 radical (unpaired) electrons. The molecule has 0 aliphatic carbocycles. The maximum Gasteiger partial charge on any atom is 0.408 e. The van der Waals surface area contributed by atoms with Gasteiger partial charge in [0, 0.05) is 12.5 Å². The van der Waals surface area contributed by atoms with Crippen LogP contribution in [0.25, 0.3) is 0 Å². The maximum atomic E-state index is 12.6. The Balaban J connectivity index is 1.67. The first-order chi connectivity index (χ1) is 14.0. The fourth-order valence-electron chi connectivity index (χ4n) is 2.62. The molecule has 0 bridgehead atoms. The van der Waals surface area contributed by atoms with Gasteiger partial charge in [0.2, 0.25) is 5.88 Å². The van der Waals surface area contributed by atoms with E-state index < -0.39 is 24.0 Å². The molecular formula is C21H20N2O6. The topological polar surface area (TPSA) is 121 Å². The quantitative estimate of drug-likeness (QED) is 0.456. The average molecular weight is 396 g/mol. The van der Waals surface area contributed by atoms with Crippen molar-refractivity contribution in [1.82, 2.24) is 10.3 Å². The van der Waals surface area contributed by atoms with Gasteiger partial charge in [-0.05, 0) is 11.1 Å². The Morgan fingerprint density at radius 3 is 2.17 bits per heavy atom. The van der Waals surface area contributed by atoms with Gasteiger partial charge >= 0.3 is 12.1 Å². The van der Waals surface area contributed by atoms with Crippen molar-refractivity contribution in [3.8, 4) is 17.5 Å². The number of amides is 1. The standard InChI is InChI=1S/C21H20N2O6/c24-18-12-17(19(25)23-18)29-20(26)16(11-14-7-3-1-4-8-14)22-21(27)28-13-15-9-5-2-6-10-15/h1-10,12,16,23-25H,11,13H2,(H,22,27)/t16-/m0/s1. The van der Waals surface area contributed by atoms with E-state index in [2.05, 4.69) is 10.3 Å². The first-order valence-electron chi connectivity index (χ1n) is 8.85. The largest absolute Gasteiger partial charge is 0.494 e. The van der Waals surface area contributed by atoms with E-state index in [1.807, 2.05) is 48.5 Å². The molecule has 0 saturated carbocycles. The normalized spacial score (nSPS) is 11.4. The number of aromatic nitrogens is 1. The van der Waals surface area contributed by atoms with Crippen LogP contribution < -0.4 is 10.1 Å². The number of aromatic amines is 1. The molecule has 0 unspecified atom stereocenters. The lowest BCUT2D eigenvalue weighted by atomic mass is 10.1. The van der Waals surface area contributed by atoms with E-state index in [4.69, 9.17) is 9.47 Å². The molecule has 1 amide bonds. The van der Waals surface area contributed by atoms with Gasteiger partial charge < -0.3 is 25.0 Å². The number of aromatic hydroxyl groups is 2. The SMILES string of the molecule is O=C(N[C@@H](Cc1ccccc1)C(=O)Oc1cc(O)[nH]c1O)OCc1ccccc1. The van der Waals surface area contributed by atoms with Gasteiger partial charge in [0.05, 0.1) is 0 Å². The Bertz CT molecular complexity index is 956. The van der Waals surface area contributed by atoms with Gasteiger partial charge in [-0.15, -0.1) is 0 Å². The van der Waals surface area contributed by atoms with Crippen molar-refractivity contribution in [2.45, 2.75) is 19.1 Å². The number of rotatable bonds is 7. The van der Waals surface area contributed by atoms with Gasteiger partial charge in [-0.25, -0.2) is 9.59 Å². The van der Waals surface area contributed by atoms with Gasteiger partial charge in [-0.1, -0.05) is 60.7 Å². The molecule has 0 aliphatic rings. The van der Waals surface area contributed by atoms with Crippen molar-refractivity contribution in [3.05, 3.63) is 77.9 Å². The van der Waals surface area contributed by atoms with E-state index in [0.29, 0.717) is 0 Å². The average Bonchev–Trinajstić information content (AvgIpc) is 3.04. The summed E-state index contributed by atoms with van der Waals surface area (Å²) < 4.78 is 10.3. The van der Waals surface area contributed by atoms with Gasteiger partial charge in [-0.3, -0.25) is 4.98 Å². The molecular weight excluding hydrogens is 376 g/mol. The van der Waals surface area contributed by atoms with Crippen LogP contribution in [0.15, 0.2) is 66.7 Å². The van der Waals surface area contributed by atoms with E-state index in [-0.39, 0.29) is 24.7 Å². The molecule has 3 rings (SSSR count). The number of hydrogen-bond acceptors (Lipinski definition) is 6. The molecule has 1 aromatic heterocycles. The number of H-pyrrole nitrogens is 1.